The van der Waals surface area contributed by atoms with Crippen LogP contribution in [0.1, 0.15) is 18.4 Å². The molecule has 0 bridgehead atoms. The van der Waals surface area contributed by atoms with Gasteiger partial charge in [-0.2, -0.15) is 0 Å². The maximum atomic E-state index is 11.0. The van der Waals surface area contributed by atoms with Gasteiger partial charge in [0.25, 0.3) is 0 Å². The average Bonchev–Trinajstić information content (AvgIpc) is 2.98. The molecule has 1 amide bonds. The van der Waals surface area contributed by atoms with Crippen LogP contribution in [-0.2, 0) is 10.2 Å². The predicted octanol–water partition coefficient (Wildman–Crippen LogP) is 1.83. The Morgan fingerprint density at radius 3 is 2.53 bits per heavy atom. The zero-order valence-corrected chi connectivity index (χ0v) is 8.40. The molecule has 1 aliphatic carbocycles. The number of carbonyl (C=O) groups is 1. The lowest BCUT2D eigenvalue weighted by Gasteiger charge is -2.21. The van der Waals surface area contributed by atoms with Crippen LogP contribution in [0.25, 0.3) is 0 Å². The van der Waals surface area contributed by atoms with Crippen molar-refractivity contribution in [2.75, 3.05) is 6.61 Å². The molecule has 3 rings (SSSR count). The lowest BCUT2D eigenvalue weighted by atomic mass is 9.89. The third-order valence-corrected chi connectivity index (χ3v) is 3.48. The van der Waals surface area contributed by atoms with Crippen LogP contribution in [0.3, 0.4) is 0 Å². The van der Waals surface area contributed by atoms with E-state index in [0.717, 1.165) is 12.8 Å². The number of hydrogen-bond donors (Lipinski definition) is 1. The molecule has 1 atom stereocenters. The van der Waals surface area contributed by atoms with Gasteiger partial charge in [-0.25, -0.2) is 4.79 Å². The van der Waals surface area contributed by atoms with E-state index in [-0.39, 0.29) is 17.6 Å². The molecule has 2 aliphatic rings. The summed E-state index contributed by atoms with van der Waals surface area (Å²) in [6, 6.07) is 10.5. The van der Waals surface area contributed by atoms with Gasteiger partial charge in [-0.1, -0.05) is 30.3 Å². The minimum Gasteiger partial charge on any atom is -0.447 e. The van der Waals surface area contributed by atoms with Crippen molar-refractivity contribution in [1.29, 1.82) is 0 Å². The van der Waals surface area contributed by atoms with Crippen molar-refractivity contribution in [3.05, 3.63) is 35.9 Å². The Hall–Kier alpha value is -1.51. The molecule has 15 heavy (non-hydrogen) atoms. The number of ether oxygens (including phenoxy) is 1. The molecule has 1 aromatic rings. The normalized spacial score (nSPS) is 26.9. The quantitative estimate of drug-likeness (QED) is 0.796. The molecule has 78 valence electrons. The molecule has 0 aromatic heterocycles. The summed E-state index contributed by atoms with van der Waals surface area (Å²) < 4.78 is 4.96. The monoisotopic (exact) mass is 203 g/mol. The van der Waals surface area contributed by atoms with Gasteiger partial charge in [0.1, 0.15) is 6.61 Å². The highest BCUT2D eigenvalue weighted by molar-refractivity contribution is 5.70. The van der Waals surface area contributed by atoms with E-state index in [0.29, 0.717) is 6.61 Å². The molecular weight excluding hydrogens is 190 g/mol. The van der Waals surface area contributed by atoms with Gasteiger partial charge in [0, 0.05) is 5.41 Å². The van der Waals surface area contributed by atoms with Crippen molar-refractivity contribution in [1.82, 2.24) is 5.32 Å². The van der Waals surface area contributed by atoms with Crippen LogP contribution in [0.15, 0.2) is 30.3 Å². The maximum absolute atomic E-state index is 11.0. The van der Waals surface area contributed by atoms with E-state index < -0.39 is 0 Å². The summed E-state index contributed by atoms with van der Waals surface area (Å²) in [6.07, 6.45) is 2.01. The summed E-state index contributed by atoms with van der Waals surface area (Å²) in [5.74, 6) is 0. The number of carbonyl (C=O) groups excluding carboxylic acids is 1. The van der Waals surface area contributed by atoms with Crippen LogP contribution in [0.2, 0.25) is 0 Å². The molecule has 1 N–H and O–H groups in total. The lowest BCUT2D eigenvalue weighted by Crippen LogP contribution is -2.38. The smallest absolute Gasteiger partial charge is 0.407 e. The number of rotatable bonds is 2. The number of cyclic esters (lactones) is 1. The summed E-state index contributed by atoms with van der Waals surface area (Å²) in [5.41, 5.74) is 1.47. The van der Waals surface area contributed by atoms with E-state index in [1.807, 2.05) is 18.2 Å². The van der Waals surface area contributed by atoms with Gasteiger partial charge >= 0.3 is 6.09 Å². The number of amides is 1. The number of nitrogens with one attached hydrogen (secondary N) is 1. The molecule has 1 saturated carbocycles. The van der Waals surface area contributed by atoms with Crippen LogP contribution >= 0.6 is 0 Å². The van der Waals surface area contributed by atoms with Gasteiger partial charge in [-0.05, 0) is 18.4 Å². The topological polar surface area (TPSA) is 38.3 Å². The van der Waals surface area contributed by atoms with Crippen LogP contribution in [0, 0.1) is 0 Å². The van der Waals surface area contributed by atoms with Crippen LogP contribution in [0.4, 0.5) is 4.79 Å². The van der Waals surface area contributed by atoms with E-state index in [1.54, 1.807) is 0 Å². The molecule has 2 fully saturated rings. The van der Waals surface area contributed by atoms with Crippen molar-refractivity contribution < 1.29 is 9.53 Å². The summed E-state index contributed by atoms with van der Waals surface area (Å²) in [7, 11) is 0. The Labute approximate surface area is 88.4 Å². The van der Waals surface area contributed by atoms with Crippen molar-refractivity contribution in [3.63, 3.8) is 0 Å². The molecule has 1 heterocycles. The average molecular weight is 203 g/mol. The number of benzene rings is 1. The second-order valence-corrected chi connectivity index (χ2v) is 4.32. The highest BCUT2D eigenvalue weighted by Crippen LogP contribution is 2.51. The fourth-order valence-corrected chi connectivity index (χ4v) is 2.43. The fraction of sp³-hybridized carbons (Fsp3) is 0.417. The third-order valence-electron chi connectivity index (χ3n) is 3.48. The van der Waals surface area contributed by atoms with Gasteiger partial charge in [0.15, 0.2) is 0 Å². The van der Waals surface area contributed by atoms with Crippen molar-refractivity contribution in [3.8, 4) is 0 Å². The molecular formula is C12H13NO2. The zero-order chi connectivity index (χ0) is 10.3. The minimum atomic E-state index is -0.276. The first-order valence-corrected chi connectivity index (χ1v) is 5.30. The van der Waals surface area contributed by atoms with Gasteiger partial charge in [-0.3, -0.25) is 0 Å². The highest BCUT2D eigenvalue weighted by Gasteiger charge is 2.53. The van der Waals surface area contributed by atoms with Crippen molar-refractivity contribution in [2.24, 2.45) is 0 Å². The second-order valence-electron chi connectivity index (χ2n) is 4.32. The molecule has 0 radical (unpaired) electrons. The van der Waals surface area contributed by atoms with Crippen molar-refractivity contribution in [2.45, 2.75) is 24.3 Å². The third kappa shape index (κ3) is 1.30. The van der Waals surface area contributed by atoms with E-state index in [1.165, 1.54) is 5.56 Å². The van der Waals surface area contributed by atoms with Crippen molar-refractivity contribution >= 4 is 6.09 Å². The highest BCUT2D eigenvalue weighted by atomic mass is 16.6. The van der Waals surface area contributed by atoms with E-state index in [2.05, 4.69) is 17.4 Å². The van der Waals surface area contributed by atoms with E-state index in [9.17, 15) is 4.79 Å². The molecule has 1 aliphatic heterocycles. The van der Waals surface area contributed by atoms with Crippen LogP contribution in [-0.4, -0.2) is 18.7 Å². The van der Waals surface area contributed by atoms with E-state index in [4.69, 9.17) is 4.74 Å². The van der Waals surface area contributed by atoms with Gasteiger partial charge in [0.2, 0.25) is 0 Å². The first-order chi connectivity index (χ1) is 7.31. The first kappa shape index (κ1) is 8.77. The SMILES string of the molecule is O=C1NC(C2(c3ccccc3)CC2)CO1. The first-order valence-electron chi connectivity index (χ1n) is 5.30. The van der Waals surface area contributed by atoms with Gasteiger partial charge in [0.05, 0.1) is 6.04 Å². The largest absolute Gasteiger partial charge is 0.447 e. The maximum Gasteiger partial charge on any atom is 0.407 e. The van der Waals surface area contributed by atoms with Gasteiger partial charge < -0.3 is 10.1 Å². The summed E-state index contributed by atoms with van der Waals surface area (Å²) in [5, 5.41) is 2.89. The number of hydrogen-bond acceptors (Lipinski definition) is 2. The second kappa shape index (κ2) is 2.99. The summed E-state index contributed by atoms with van der Waals surface area (Å²) in [6.45, 7) is 0.508. The molecule has 3 heteroatoms. The number of alkyl carbamates (subject to hydrolysis) is 1. The summed E-state index contributed by atoms with van der Waals surface area (Å²) >= 11 is 0. The fourth-order valence-electron chi connectivity index (χ4n) is 2.43. The molecule has 3 nitrogen and oxygen atoms in total. The lowest BCUT2D eigenvalue weighted by molar-refractivity contribution is 0.176. The molecule has 1 saturated heterocycles. The summed E-state index contributed by atoms with van der Waals surface area (Å²) in [4.78, 5) is 11.0. The standard InChI is InChI=1S/C12H13NO2/c14-11-13-10(8-15-11)12(6-7-12)9-4-2-1-3-5-9/h1-5,10H,6-8H2,(H,13,14). The zero-order valence-electron chi connectivity index (χ0n) is 8.40. The Kier molecular flexibility index (Phi) is 1.75. The van der Waals surface area contributed by atoms with Gasteiger partial charge in [-0.15, -0.1) is 0 Å². The Morgan fingerprint density at radius 1 is 1.27 bits per heavy atom. The predicted molar refractivity (Wildman–Crippen MR) is 55.6 cm³/mol. The minimum absolute atomic E-state index is 0.146. The molecule has 0 spiro atoms. The Bertz CT molecular complexity index is 384. The van der Waals surface area contributed by atoms with E-state index >= 15 is 0 Å². The Balaban J connectivity index is 1.89. The Morgan fingerprint density at radius 2 is 2.00 bits per heavy atom. The molecule has 1 aromatic carbocycles. The van der Waals surface area contributed by atoms with Crippen LogP contribution < -0.4 is 5.32 Å². The molecule has 1 unspecified atom stereocenters. The van der Waals surface area contributed by atoms with Crippen LogP contribution in [0.5, 0.6) is 0 Å².